The first-order chi connectivity index (χ1) is 10.7. The molecule has 1 aromatic carbocycles. The van der Waals surface area contributed by atoms with Gasteiger partial charge in [-0.1, -0.05) is 6.92 Å². The van der Waals surface area contributed by atoms with E-state index in [-0.39, 0.29) is 17.3 Å². The van der Waals surface area contributed by atoms with E-state index in [2.05, 4.69) is 5.10 Å². The third-order valence-electron chi connectivity index (χ3n) is 4.14. The standard InChI is InChI=1S/C16H19F3N2O2/c1-3-4-23-12-5-10-9-20-21(11-7-15(2,22)8-11)14(10)13(6-12)16(17,18)19/h5-6,9,11,22H,3-4,7-8H2,1-2H3. The average molecular weight is 328 g/mol. The van der Waals surface area contributed by atoms with Crippen LogP contribution in [0.1, 0.15) is 44.7 Å². The zero-order valence-electron chi connectivity index (χ0n) is 13.0. The van der Waals surface area contributed by atoms with Gasteiger partial charge < -0.3 is 9.84 Å². The van der Waals surface area contributed by atoms with E-state index in [9.17, 15) is 18.3 Å². The zero-order valence-corrected chi connectivity index (χ0v) is 13.0. The fraction of sp³-hybridized carbons (Fsp3) is 0.562. The lowest BCUT2D eigenvalue weighted by Gasteiger charge is -2.41. The monoisotopic (exact) mass is 328 g/mol. The fourth-order valence-corrected chi connectivity index (χ4v) is 3.09. The Hall–Kier alpha value is -1.76. The highest BCUT2D eigenvalue weighted by atomic mass is 19.4. The molecule has 0 spiro atoms. The van der Waals surface area contributed by atoms with Gasteiger partial charge in [-0.15, -0.1) is 0 Å². The van der Waals surface area contributed by atoms with Gasteiger partial charge in [0, 0.05) is 5.39 Å². The summed E-state index contributed by atoms with van der Waals surface area (Å²) in [7, 11) is 0. The van der Waals surface area contributed by atoms with Crippen molar-refractivity contribution in [2.24, 2.45) is 0 Å². The van der Waals surface area contributed by atoms with E-state index < -0.39 is 17.3 Å². The highest BCUT2D eigenvalue weighted by Gasteiger charge is 2.42. The molecule has 1 heterocycles. The Morgan fingerprint density at radius 3 is 2.65 bits per heavy atom. The summed E-state index contributed by atoms with van der Waals surface area (Å²) < 4.78 is 47.2. The van der Waals surface area contributed by atoms with Gasteiger partial charge in [0.2, 0.25) is 0 Å². The number of rotatable bonds is 4. The van der Waals surface area contributed by atoms with Gasteiger partial charge in [-0.05, 0) is 38.3 Å². The van der Waals surface area contributed by atoms with Gasteiger partial charge >= 0.3 is 6.18 Å². The summed E-state index contributed by atoms with van der Waals surface area (Å²) in [6, 6.07) is 2.40. The molecule has 0 radical (unpaired) electrons. The molecule has 0 aliphatic heterocycles. The number of nitrogens with zero attached hydrogens (tertiary/aromatic N) is 2. The summed E-state index contributed by atoms with van der Waals surface area (Å²) in [4.78, 5) is 0. The van der Waals surface area contributed by atoms with Crippen molar-refractivity contribution < 1.29 is 23.0 Å². The summed E-state index contributed by atoms with van der Waals surface area (Å²) in [6.07, 6.45) is -1.55. The molecule has 1 aliphatic rings. The second-order valence-corrected chi connectivity index (χ2v) is 6.40. The van der Waals surface area contributed by atoms with Crippen molar-refractivity contribution in [1.29, 1.82) is 0 Å². The van der Waals surface area contributed by atoms with Gasteiger partial charge in [-0.2, -0.15) is 18.3 Å². The Morgan fingerprint density at radius 2 is 2.09 bits per heavy atom. The Bertz CT molecular complexity index is 714. The molecule has 1 aromatic heterocycles. The minimum absolute atomic E-state index is 0.0573. The van der Waals surface area contributed by atoms with Crippen LogP contribution in [0.5, 0.6) is 5.75 Å². The highest BCUT2D eigenvalue weighted by molar-refractivity contribution is 5.84. The number of aliphatic hydroxyl groups is 1. The first kappa shape index (κ1) is 16.1. The molecule has 3 rings (SSSR count). The van der Waals surface area contributed by atoms with E-state index in [1.54, 1.807) is 13.0 Å². The van der Waals surface area contributed by atoms with Crippen molar-refractivity contribution in [1.82, 2.24) is 9.78 Å². The Kier molecular flexibility index (Phi) is 3.78. The van der Waals surface area contributed by atoms with Crippen LogP contribution in [-0.2, 0) is 6.18 Å². The topological polar surface area (TPSA) is 47.3 Å². The zero-order chi connectivity index (χ0) is 16.8. The van der Waals surface area contributed by atoms with Gasteiger partial charge in [0.15, 0.2) is 0 Å². The van der Waals surface area contributed by atoms with E-state index in [4.69, 9.17) is 4.74 Å². The molecule has 1 N–H and O–H groups in total. The van der Waals surface area contributed by atoms with E-state index in [1.807, 2.05) is 6.92 Å². The maximum atomic E-state index is 13.5. The van der Waals surface area contributed by atoms with E-state index >= 15 is 0 Å². The lowest BCUT2D eigenvalue weighted by Crippen LogP contribution is -2.42. The van der Waals surface area contributed by atoms with Crippen LogP contribution in [0.15, 0.2) is 18.3 Å². The highest BCUT2D eigenvalue weighted by Crippen LogP contribution is 2.44. The van der Waals surface area contributed by atoms with E-state index in [0.717, 1.165) is 12.5 Å². The van der Waals surface area contributed by atoms with Gasteiger partial charge in [-0.25, -0.2) is 0 Å². The number of fused-ring (bicyclic) bond motifs is 1. The number of benzene rings is 1. The smallest absolute Gasteiger partial charge is 0.418 e. The minimum atomic E-state index is -4.49. The molecule has 126 valence electrons. The van der Waals surface area contributed by atoms with Crippen LogP contribution in [0.3, 0.4) is 0 Å². The van der Waals surface area contributed by atoms with Crippen molar-refractivity contribution in [2.45, 2.75) is 50.9 Å². The number of alkyl halides is 3. The molecule has 1 aliphatic carbocycles. The first-order valence-electron chi connectivity index (χ1n) is 7.65. The molecule has 0 atom stereocenters. The Balaban J connectivity index is 2.07. The molecule has 0 bridgehead atoms. The third-order valence-corrected chi connectivity index (χ3v) is 4.14. The van der Waals surface area contributed by atoms with Crippen LogP contribution >= 0.6 is 0 Å². The van der Waals surface area contributed by atoms with Crippen LogP contribution in [0.25, 0.3) is 10.9 Å². The van der Waals surface area contributed by atoms with Crippen LogP contribution < -0.4 is 4.74 Å². The number of aromatic nitrogens is 2. The van der Waals surface area contributed by atoms with Gasteiger partial charge in [0.05, 0.1) is 35.5 Å². The summed E-state index contributed by atoms with van der Waals surface area (Å²) in [5.41, 5.74) is -1.52. The molecular weight excluding hydrogens is 309 g/mol. The number of ether oxygens (including phenoxy) is 1. The van der Waals surface area contributed by atoms with Crippen molar-refractivity contribution in [3.05, 3.63) is 23.9 Å². The molecular formula is C16H19F3N2O2. The fourth-order valence-electron chi connectivity index (χ4n) is 3.09. The molecule has 4 nitrogen and oxygen atoms in total. The SMILES string of the molecule is CCCOc1cc(C(F)(F)F)c2c(cnn2C2CC(C)(O)C2)c1. The Morgan fingerprint density at radius 1 is 1.39 bits per heavy atom. The minimum Gasteiger partial charge on any atom is -0.494 e. The first-order valence-corrected chi connectivity index (χ1v) is 7.65. The summed E-state index contributed by atoms with van der Waals surface area (Å²) >= 11 is 0. The average Bonchev–Trinajstić information content (AvgIpc) is 2.83. The van der Waals surface area contributed by atoms with Crippen LogP contribution in [0.2, 0.25) is 0 Å². The maximum absolute atomic E-state index is 13.5. The number of halogens is 3. The normalized spacial score (nSPS) is 24.7. The van der Waals surface area contributed by atoms with Crippen LogP contribution in [-0.4, -0.2) is 27.1 Å². The molecule has 0 saturated heterocycles. The molecule has 0 amide bonds. The quantitative estimate of drug-likeness (QED) is 0.925. The number of hydrogen-bond donors (Lipinski definition) is 1. The molecule has 2 aromatic rings. The second kappa shape index (κ2) is 5.40. The lowest BCUT2D eigenvalue weighted by atomic mass is 9.77. The van der Waals surface area contributed by atoms with Crippen molar-refractivity contribution in [2.75, 3.05) is 6.61 Å². The predicted octanol–water partition coefficient (Wildman–Crippen LogP) is 3.93. The molecule has 1 fully saturated rings. The van der Waals surface area contributed by atoms with E-state index in [1.165, 1.54) is 10.9 Å². The third kappa shape index (κ3) is 3.02. The summed E-state index contributed by atoms with van der Waals surface area (Å²) in [5.74, 6) is 0.201. The van der Waals surface area contributed by atoms with Gasteiger partial charge in [-0.3, -0.25) is 4.68 Å². The predicted molar refractivity (Wildman–Crippen MR) is 79.4 cm³/mol. The van der Waals surface area contributed by atoms with Crippen LogP contribution in [0, 0.1) is 0 Å². The van der Waals surface area contributed by atoms with Gasteiger partial charge in [0.25, 0.3) is 0 Å². The lowest BCUT2D eigenvalue weighted by molar-refractivity contribution is -0.136. The molecule has 0 unspecified atom stereocenters. The summed E-state index contributed by atoms with van der Waals surface area (Å²) in [5, 5.41) is 14.4. The van der Waals surface area contributed by atoms with Gasteiger partial charge in [0.1, 0.15) is 5.75 Å². The van der Waals surface area contributed by atoms with Crippen molar-refractivity contribution in [3.63, 3.8) is 0 Å². The Labute approximate surface area is 131 Å². The largest absolute Gasteiger partial charge is 0.494 e. The summed E-state index contributed by atoms with van der Waals surface area (Å²) in [6.45, 7) is 3.93. The maximum Gasteiger partial charge on any atom is 0.418 e. The van der Waals surface area contributed by atoms with Crippen molar-refractivity contribution in [3.8, 4) is 5.75 Å². The van der Waals surface area contributed by atoms with E-state index in [0.29, 0.717) is 24.8 Å². The molecule has 23 heavy (non-hydrogen) atoms. The van der Waals surface area contributed by atoms with Crippen LogP contribution in [0.4, 0.5) is 13.2 Å². The molecule has 7 heteroatoms. The number of hydrogen-bond acceptors (Lipinski definition) is 3. The van der Waals surface area contributed by atoms with Crippen molar-refractivity contribution >= 4 is 10.9 Å². The second-order valence-electron chi connectivity index (χ2n) is 6.40. The molecule has 1 saturated carbocycles.